The number of hydrazine groups is 3. The number of nitrogens with zero attached hydrogens (tertiary/aromatic N) is 2. The Kier molecular flexibility index (Phi) is 4.18. The third-order valence-corrected chi connectivity index (χ3v) is 3.53. The minimum atomic E-state index is 0.546. The van der Waals surface area contributed by atoms with Crippen molar-refractivity contribution in [3.05, 3.63) is 77.6 Å². The number of nitrogens with one attached hydrogen (secondary N) is 2. The first kappa shape index (κ1) is 14.3. The molecule has 0 unspecified atom stereocenters. The number of benzene rings is 2. The van der Waals surface area contributed by atoms with Crippen molar-refractivity contribution in [3.8, 4) is 0 Å². The number of hydrogen-bond acceptors (Lipinski definition) is 5. The zero-order valence-electron chi connectivity index (χ0n) is 12.4. The molecule has 5 heteroatoms. The van der Waals surface area contributed by atoms with E-state index >= 15 is 0 Å². The number of carbonyl (C=O) groups is 1. The van der Waals surface area contributed by atoms with Crippen LogP contribution in [0.15, 0.2) is 72.1 Å². The van der Waals surface area contributed by atoms with E-state index in [1.165, 1.54) is 0 Å². The fraction of sp³-hybridized carbons (Fsp3) is 0.118. The zero-order valence-corrected chi connectivity index (χ0v) is 12.4. The number of carbonyl (C=O) groups excluding carboxylic acids is 1. The predicted octanol–water partition coefficient (Wildman–Crippen LogP) is 2.36. The molecule has 22 heavy (non-hydrogen) atoms. The number of aldehydes is 1. The highest BCUT2D eigenvalue weighted by Crippen LogP contribution is 2.24. The molecule has 0 saturated carbocycles. The molecule has 1 heterocycles. The molecule has 2 aromatic carbocycles. The monoisotopic (exact) mass is 294 g/mol. The van der Waals surface area contributed by atoms with Crippen LogP contribution in [0.2, 0.25) is 0 Å². The Morgan fingerprint density at radius 1 is 1.05 bits per heavy atom. The van der Waals surface area contributed by atoms with Crippen molar-refractivity contribution in [1.82, 2.24) is 16.1 Å². The summed E-state index contributed by atoms with van der Waals surface area (Å²) >= 11 is 0. The van der Waals surface area contributed by atoms with Gasteiger partial charge in [-0.2, -0.15) is 0 Å². The average Bonchev–Trinajstić information content (AvgIpc) is 2.90. The Bertz CT molecular complexity index is 670. The molecule has 0 amide bonds. The Hall–Kier alpha value is -2.63. The Morgan fingerprint density at radius 3 is 2.32 bits per heavy atom. The van der Waals surface area contributed by atoms with E-state index in [4.69, 9.17) is 0 Å². The zero-order chi connectivity index (χ0) is 15.4. The number of para-hydroxylation sites is 1. The van der Waals surface area contributed by atoms with Gasteiger partial charge in [0.1, 0.15) is 5.70 Å². The van der Waals surface area contributed by atoms with Gasteiger partial charge in [0.25, 0.3) is 0 Å². The van der Waals surface area contributed by atoms with Crippen LogP contribution in [0.1, 0.15) is 12.5 Å². The van der Waals surface area contributed by atoms with E-state index in [0.29, 0.717) is 12.2 Å². The molecule has 0 atom stereocenters. The van der Waals surface area contributed by atoms with Crippen LogP contribution < -0.4 is 15.9 Å². The first-order valence-corrected chi connectivity index (χ1v) is 7.15. The summed E-state index contributed by atoms with van der Waals surface area (Å²) in [5, 5.41) is 3.67. The van der Waals surface area contributed by atoms with E-state index in [-0.39, 0.29) is 0 Å². The largest absolute Gasteiger partial charge is 0.296 e. The summed E-state index contributed by atoms with van der Waals surface area (Å²) in [6.07, 6.45) is 0.829. The van der Waals surface area contributed by atoms with Gasteiger partial charge >= 0.3 is 0 Å². The summed E-state index contributed by atoms with van der Waals surface area (Å²) < 4.78 is 0. The van der Waals surface area contributed by atoms with Gasteiger partial charge in [0.15, 0.2) is 6.29 Å². The van der Waals surface area contributed by atoms with Crippen molar-refractivity contribution < 1.29 is 4.79 Å². The molecule has 2 N–H and O–H groups in total. The summed E-state index contributed by atoms with van der Waals surface area (Å²) in [6.45, 7) is 2.56. The highest BCUT2D eigenvalue weighted by molar-refractivity contribution is 5.76. The van der Waals surface area contributed by atoms with Crippen molar-refractivity contribution in [3.63, 3.8) is 0 Å². The Labute approximate surface area is 129 Å². The van der Waals surface area contributed by atoms with Crippen LogP contribution in [0.4, 0.5) is 5.69 Å². The SMILES string of the molecule is CC1=C(C=O)NN(NCc2ccccc2)N1c1ccccc1. The summed E-state index contributed by atoms with van der Waals surface area (Å²) in [5.41, 5.74) is 9.89. The topological polar surface area (TPSA) is 47.6 Å². The normalized spacial score (nSPS) is 15.0. The number of anilines is 1. The molecule has 112 valence electrons. The van der Waals surface area contributed by atoms with Gasteiger partial charge in [-0.25, -0.2) is 10.4 Å². The van der Waals surface area contributed by atoms with Crippen LogP contribution >= 0.6 is 0 Å². The maximum atomic E-state index is 11.2. The summed E-state index contributed by atoms with van der Waals surface area (Å²) in [4.78, 5) is 11.2. The van der Waals surface area contributed by atoms with Gasteiger partial charge in [0.05, 0.1) is 11.4 Å². The molecule has 0 radical (unpaired) electrons. The molecule has 3 rings (SSSR count). The minimum Gasteiger partial charge on any atom is -0.296 e. The smallest absolute Gasteiger partial charge is 0.169 e. The predicted molar refractivity (Wildman–Crippen MR) is 85.9 cm³/mol. The number of hydrogen-bond donors (Lipinski definition) is 2. The van der Waals surface area contributed by atoms with E-state index < -0.39 is 0 Å². The van der Waals surface area contributed by atoms with Gasteiger partial charge in [0, 0.05) is 6.54 Å². The van der Waals surface area contributed by atoms with Crippen LogP contribution in [0, 0.1) is 0 Å². The van der Waals surface area contributed by atoms with Crippen LogP contribution in [-0.2, 0) is 11.3 Å². The van der Waals surface area contributed by atoms with Gasteiger partial charge in [-0.3, -0.25) is 10.2 Å². The lowest BCUT2D eigenvalue weighted by Gasteiger charge is -2.30. The fourth-order valence-electron chi connectivity index (χ4n) is 2.37. The molecule has 0 spiro atoms. The van der Waals surface area contributed by atoms with Crippen molar-refractivity contribution in [1.29, 1.82) is 0 Å². The van der Waals surface area contributed by atoms with Crippen molar-refractivity contribution in [2.75, 3.05) is 5.01 Å². The first-order valence-electron chi connectivity index (χ1n) is 7.15. The van der Waals surface area contributed by atoms with Crippen molar-refractivity contribution >= 4 is 12.0 Å². The van der Waals surface area contributed by atoms with Crippen molar-refractivity contribution in [2.24, 2.45) is 0 Å². The third-order valence-electron chi connectivity index (χ3n) is 3.53. The molecule has 0 fully saturated rings. The molecular formula is C17H18N4O. The maximum absolute atomic E-state index is 11.2. The molecule has 2 aromatic rings. The van der Waals surface area contributed by atoms with E-state index in [1.54, 1.807) is 5.23 Å². The van der Waals surface area contributed by atoms with Crippen LogP contribution in [0.25, 0.3) is 0 Å². The van der Waals surface area contributed by atoms with E-state index in [9.17, 15) is 4.79 Å². The molecule has 0 aromatic heterocycles. The van der Waals surface area contributed by atoms with Gasteiger partial charge in [-0.1, -0.05) is 53.8 Å². The van der Waals surface area contributed by atoms with Crippen LogP contribution in [0.5, 0.6) is 0 Å². The molecule has 0 bridgehead atoms. The Balaban J connectivity index is 1.79. The lowest BCUT2D eigenvalue weighted by Crippen LogP contribution is -2.52. The van der Waals surface area contributed by atoms with E-state index in [1.807, 2.05) is 60.5 Å². The summed E-state index contributed by atoms with van der Waals surface area (Å²) in [6, 6.07) is 20.0. The highest BCUT2D eigenvalue weighted by atomic mass is 16.1. The second-order valence-corrected chi connectivity index (χ2v) is 5.01. The highest BCUT2D eigenvalue weighted by Gasteiger charge is 2.27. The van der Waals surface area contributed by atoms with E-state index in [2.05, 4.69) is 23.0 Å². The molecule has 0 aliphatic carbocycles. The van der Waals surface area contributed by atoms with Gasteiger partial charge in [-0.05, 0) is 24.6 Å². The summed E-state index contributed by atoms with van der Waals surface area (Å²) in [5.74, 6) is 0. The average molecular weight is 294 g/mol. The fourth-order valence-corrected chi connectivity index (χ4v) is 2.37. The Morgan fingerprint density at radius 2 is 1.68 bits per heavy atom. The van der Waals surface area contributed by atoms with Crippen molar-refractivity contribution in [2.45, 2.75) is 13.5 Å². The second-order valence-electron chi connectivity index (χ2n) is 5.01. The molecule has 0 saturated heterocycles. The maximum Gasteiger partial charge on any atom is 0.169 e. The number of rotatable bonds is 5. The second kappa shape index (κ2) is 6.43. The summed E-state index contributed by atoms with van der Waals surface area (Å²) in [7, 11) is 0. The standard InChI is InChI=1S/C17H18N4O/c1-14-17(13-22)19-21(18-12-15-8-4-2-5-9-15)20(14)16-10-6-3-7-11-16/h2-11,13,18-19H,12H2,1H3. The molecule has 1 aliphatic heterocycles. The van der Waals surface area contributed by atoms with E-state index in [0.717, 1.165) is 23.2 Å². The molecule has 5 nitrogen and oxygen atoms in total. The number of allylic oxidation sites excluding steroid dienone is 2. The van der Waals surface area contributed by atoms with Gasteiger partial charge in [-0.15, -0.1) is 0 Å². The first-order chi connectivity index (χ1) is 10.8. The molecular weight excluding hydrogens is 276 g/mol. The minimum absolute atomic E-state index is 0.546. The third kappa shape index (κ3) is 2.86. The van der Waals surface area contributed by atoms with Gasteiger partial charge in [0.2, 0.25) is 0 Å². The van der Waals surface area contributed by atoms with Crippen LogP contribution in [0.3, 0.4) is 0 Å². The molecule has 1 aliphatic rings. The lowest BCUT2D eigenvalue weighted by molar-refractivity contribution is -0.105. The van der Waals surface area contributed by atoms with Gasteiger partial charge < -0.3 is 0 Å². The quantitative estimate of drug-likeness (QED) is 0.829. The van der Waals surface area contributed by atoms with Crippen LogP contribution in [-0.4, -0.2) is 11.5 Å². The lowest BCUT2D eigenvalue weighted by atomic mass is 10.2.